The number of unbranched alkanes of at least 4 members (excludes halogenated alkanes) is 7. The molecular weight excluding hydrogens is 849 g/mol. The number of carbonyl (C=O) groups is 3. The van der Waals surface area contributed by atoms with E-state index in [1.54, 1.807) is 13.0 Å². The molecule has 0 saturated heterocycles. The zero-order valence-electron chi connectivity index (χ0n) is 37.9. The van der Waals surface area contributed by atoms with Gasteiger partial charge < -0.3 is 40.2 Å². The maximum absolute atomic E-state index is 12.4. The number of thiophene rings is 1. The Hall–Kier alpha value is -3.51. The maximum Gasteiger partial charge on any atom is 1.00 e. The molecule has 0 spiro atoms. The van der Waals surface area contributed by atoms with Crippen LogP contribution in [0.1, 0.15) is 101 Å². The van der Waals surface area contributed by atoms with Crippen molar-refractivity contribution < 1.29 is 107 Å². The summed E-state index contributed by atoms with van der Waals surface area (Å²) in [5.74, 6) is -4.00. The van der Waals surface area contributed by atoms with Gasteiger partial charge in [-0.3, -0.25) is 9.59 Å². The average Bonchev–Trinajstić information content (AvgIpc) is 3.56. The van der Waals surface area contributed by atoms with E-state index >= 15 is 0 Å². The van der Waals surface area contributed by atoms with Crippen molar-refractivity contribution >= 4 is 56.8 Å². The molecule has 0 saturated carbocycles. The number of azo groups is 1. The molecule has 0 radical (unpaired) electrons. The Morgan fingerprint density at radius 1 is 0.905 bits per heavy atom. The van der Waals surface area contributed by atoms with Gasteiger partial charge in [0.2, 0.25) is 5.00 Å². The Kier molecular flexibility index (Phi) is 39.1. The van der Waals surface area contributed by atoms with E-state index in [2.05, 4.69) is 47.1 Å². The standard InChI is InChI=1S/C44H60N5O8S.CO2.2Na/c1-6-8-10-12-14-15-17-19-21-40(50)56-30-28-54-26-24-49(25-27-55-29-31-57-44(53)37(43(51)52)20-18-16-13-11-9-7-2)36-22-23-39(34(3)32-36)47-48-42-38(33-45)35(4)41(46-5)58-42;2-1-3;;/h14-16,18-19,22-23,32,37H,6-13,17,20-21,24-31H2,1-4H3,(H,51,52);;;/q-1;;2*+1/p-1/b15-14+,18-16+,48-47?;;;. The van der Waals surface area contributed by atoms with E-state index in [-0.39, 0.29) is 117 Å². The molecule has 0 aliphatic heterocycles. The molecule has 332 valence electrons. The van der Waals surface area contributed by atoms with E-state index in [1.807, 2.05) is 42.5 Å². The van der Waals surface area contributed by atoms with Gasteiger partial charge in [0.1, 0.15) is 24.3 Å². The number of carboxylic acid groups (broad SMARTS) is 1. The number of rotatable bonds is 31. The minimum atomic E-state index is -1.47. The van der Waals surface area contributed by atoms with Gasteiger partial charge in [-0.1, -0.05) is 64.2 Å². The Morgan fingerprint density at radius 2 is 1.51 bits per heavy atom. The van der Waals surface area contributed by atoms with Crippen LogP contribution in [0.4, 0.5) is 21.4 Å². The molecule has 1 unspecified atom stereocenters. The molecular formula is C45H59N5Na2O10S. The second-order valence-corrected chi connectivity index (χ2v) is 14.5. The molecule has 0 aliphatic carbocycles. The molecule has 0 fully saturated rings. The van der Waals surface area contributed by atoms with Crippen molar-refractivity contribution in [3.63, 3.8) is 0 Å². The van der Waals surface area contributed by atoms with Crippen molar-refractivity contribution in [2.24, 2.45) is 16.1 Å². The Bertz CT molecular complexity index is 1830. The molecule has 2 aromatic rings. The smallest absolute Gasteiger partial charge is 0.549 e. The first-order chi connectivity index (χ1) is 29.6. The van der Waals surface area contributed by atoms with Crippen LogP contribution in [0.2, 0.25) is 0 Å². The first kappa shape index (κ1) is 61.6. The van der Waals surface area contributed by atoms with Crippen molar-refractivity contribution in [1.29, 1.82) is 5.26 Å². The third-order valence-electron chi connectivity index (χ3n) is 8.92. The Balaban J connectivity index is 0. The molecule has 18 heteroatoms. The minimum Gasteiger partial charge on any atom is -0.549 e. The quantitative estimate of drug-likeness (QED) is 0.0204. The number of benzene rings is 1. The fraction of sp³-hybridized carbons (Fsp3) is 0.533. The summed E-state index contributed by atoms with van der Waals surface area (Å²) >= 11 is 1.13. The van der Waals surface area contributed by atoms with Crippen LogP contribution in [-0.2, 0) is 42.9 Å². The van der Waals surface area contributed by atoms with Crippen LogP contribution in [0.3, 0.4) is 0 Å². The number of carboxylic acids is 1. The van der Waals surface area contributed by atoms with Crippen LogP contribution in [0.15, 0.2) is 52.7 Å². The topological polar surface area (TPSA) is 201 Å². The summed E-state index contributed by atoms with van der Waals surface area (Å²) in [5.41, 5.74) is 3.22. The summed E-state index contributed by atoms with van der Waals surface area (Å²) < 4.78 is 22.1. The van der Waals surface area contributed by atoms with Crippen LogP contribution >= 0.6 is 11.3 Å². The Morgan fingerprint density at radius 3 is 2.06 bits per heavy atom. The molecule has 0 aliphatic rings. The van der Waals surface area contributed by atoms with E-state index in [0.717, 1.165) is 61.1 Å². The van der Waals surface area contributed by atoms with Gasteiger partial charge >= 0.3 is 71.2 Å². The molecule has 0 N–H and O–H groups in total. The fourth-order valence-corrected chi connectivity index (χ4v) is 6.38. The largest absolute Gasteiger partial charge is 1.00 e. The maximum atomic E-state index is 12.4. The summed E-state index contributed by atoms with van der Waals surface area (Å²) in [4.78, 5) is 57.9. The summed E-state index contributed by atoms with van der Waals surface area (Å²) in [5, 5.41) is 30.6. The van der Waals surface area contributed by atoms with E-state index in [0.29, 0.717) is 46.5 Å². The zero-order chi connectivity index (χ0) is 45.1. The molecule has 2 rings (SSSR count). The van der Waals surface area contributed by atoms with Crippen LogP contribution in [0.25, 0.3) is 4.85 Å². The first-order valence-corrected chi connectivity index (χ1v) is 21.4. The second kappa shape index (κ2) is 40.0. The van der Waals surface area contributed by atoms with Gasteiger partial charge in [0, 0.05) is 18.8 Å². The van der Waals surface area contributed by atoms with Crippen molar-refractivity contribution in [2.45, 2.75) is 98.3 Å². The van der Waals surface area contributed by atoms with E-state index < -0.39 is 17.9 Å². The molecule has 0 amide bonds. The zero-order valence-corrected chi connectivity index (χ0v) is 42.7. The summed E-state index contributed by atoms with van der Waals surface area (Å²) in [7, 11) is 0. The summed E-state index contributed by atoms with van der Waals surface area (Å²) in [6, 6.07) is 7.76. The van der Waals surface area contributed by atoms with Gasteiger partial charge in [-0.05, 0) is 75.3 Å². The van der Waals surface area contributed by atoms with Gasteiger partial charge in [0.05, 0.1) is 56.1 Å². The van der Waals surface area contributed by atoms with Crippen molar-refractivity contribution in [1.82, 2.24) is 0 Å². The summed E-state index contributed by atoms with van der Waals surface area (Å²) in [6.45, 7) is 17.1. The number of carbonyl (C=O) groups excluding carboxylic acids is 5. The van der Waals surface area contributed by atoms with Crippen molar-refractivity contribution in [3.05, 3.63) is 77.0 Å². The molecule has 1 aromatic carbocycles. The first-order valence-electron chi connectivity index (χ1n) is 20.6. The number of esters is 2. The Labute approximate surface area is 421 Å². The molecule has 1 aromatic heterocycles. The monoisotopic (exact) mass is 907 g/mol. The number of nitriles is 1. The van der Waals surface area contributed by atoms with Gasteiger partial charge in [0.25, 0.3) is 5.97 Å². The number of aryl methyl sites for hydroxylation is 1. The minimum absolute atomic E-state index is 0. The molecule has 1 heterocycles. The molecule has 0 bridgehead atoms. The van der Waals surface area contributed by atoms with E-state index in [4.69, 9.17) is 35.1 Å². The average molecular weight is 908 g/mol. The van der Waals surface area contributed by atoms with Crippen LogP contribution in [-0.4, -0.2) is 76.8 Å². The summed E-state index contributed by atoms with van der Waals surface area (Å²) in [6.07, 6.45) is 19.6. The van der Waals surface area contributed by atoms with Gasteiger partial charge in [0.15, 0.2) is 0 Å². The van der Waals surface area contributed by atoms with Crippen molar-refractivity contribution in [3.8, 4) is 6.07 Å². The number of allylic oxidation sites excluding steroid dienone is 4. The number of hydrogen-bond donors (Lipinski definition) is 0. The fourth-order valence-electron chi connectivity index (χ4n) is 5.52. The normalized spacial score (nSPS) is 11.1. The van der Waals surface area contributed by atoms with Crippen LogP contribution in [0.5, 0.6) is 0 Å². The molecule has 63 heavy (non-hydrogen) atoms. The molecule has 1 atom stereocenters. The number of aliphatic carboxylic acids is 1. The number of hydrogen-bond acceptors (Lipinski definition) is 15. The number of nitrogens with zero attached hydrogens (tertiary/aromatic N) is 5. The van der Waals surface area contributed by atoms with Crippen LogP contribution < -0.4 is 69.1 Å². The van der Waals surface area contributed by atoms with Gasteiger partial charge in [-0.25, -0.2) is 4.85 Å². The third kappa shape index (κ3) is 27.4. The van der Waals surface area contributed by atoms with Gasteiger partial charge in [-0.2, -0.15) is 21.3 Å². The predicted octanol–water partition coefficient (Wildman–Crippen LogP) is 2.57. The SMILES string of the molecule is O=C=O.[C-]#[N+]c1sc(N=Nc2ccc(N(CCOCCOC(=O)C[CH-]C/C=C/CCCCC)CCOCCOC(=O)C(C/C=C/CCCCC)C(=O)[O-])cc2C)c(C#N)c1C.[Na+].[Na+]. The van der Waals surface area contributed by atoms with Gasteiger partial charge in [-0.15, -0.1) is 27.6 Å². The van der Waals surface area contributed by atoms with Crippen molar-refractivity contribution in [2.75, 3.05) is 57.6 Å². The number of ether oxygens (including phenoxy) is 4. The second-order valence-electron chi connectivity index (χ2n) is 13.6. The van der Waals surface area contributed by atoms with E-state index in [9.17, 15) is 24.8 Å². The number of anilines is 1. The third-order valence-corrected chi connectivity index (χ3v) is 9.99. The van der Waals surface area contributed by atoms with Crippen LogP contribution in [0, 0.1) is 44.1 Å². The van der Waals surface area contributed by atoms with E-state index in [1.165, 1.54) is 19.3 Å². The molecule has 15 nitrogen and oxygen atoms in total. The predicted molar refractivity (Wildman–Crippen MR) is 229 cm³/mol.